The van der Waals surface area contributed by atoms with Crippen LogP contribution in [0.5, 0.6) is 0 Å². The zero-order valence-electron chi connectivity index (χ0n) is 19.3. The van der Waals surface area contributed by atoms with Gasteiger partial charge in [0.1, 0.15) is 6.29 Å². The highest BCUT2D eigenvalue weighted by Crippen LogP contribution is 2.46. The molecule has 0 aliphatic heterocycles. The van der Waals surface area contributed by atoms with E-state index in [1.807, 2.05) is 24.3 Å². The van der Waals surface area contributed by atoms with Gasteiger partial charge in [0.2, 0.25) is 0 Å². The van der Waals surface area contributed by atoms with E-state index in [-0.39, 0.29) is 17.8 Å². The zero-order chi connectivity index (χ0) is 22.7. The van der Waals surface area contributed by atoms with Crippen molar-refractivity contribution in [3.8, 4) is 0 Å². The Bertz CT molecular complexity index is 786. The maximum absolute atomic E-state index is 12.1. The average molecular weight is 423 g/mol. The smallest absolute Gasteiger partial charge is 0.304 e. The summed E-state index contributed by atoms with van der Waals surface area (Å²) in [7, 11) is 0. The lowest BCUT2D eigenvalue weighted by Gasteiger charge is -2.40. The molecule has 0 aliphatic rings. The summed E-state index contributed by atoms with van der Waals surface area (Å²) in [6, 6.07) is 21.0. The molecule has 0 spiro atoms. The van der Waals surface area contributed by atoms with Crippen molar-refractivity contribution in [3.63, 3.8) is 0 Å². The van der Waals surface area contributed by atoms with Gasteiger partial charge in [0.25, 0.3) is 0 Å². The van der Waals surface area contributed by atoms with E-state index in [1.54, 1.807) is 0 Å². The molecule has 0 aliphatic carbocycles. The highest BCUT2D eigenvalue weighted by atomic mass is 16.4. The fraction of sp³-hybridized carbons (Fsp3) is 0.500. The van der Waals surface area contributed by atoms with E-state index in [9.17, 15) is 14.7 Å². The second-order valence-corrected chi connectivity index (χ2v) is 8.98. The van der Waals surface area contributed by atoms with Crippen molar-refractivity contribution in [1.29, 1.82) is 0 Å². The van der Waals surface area contributed by atoms with E-state index < -0.39 is 11.9 Å². The SMILES string of the molecule is CCC(CCCC(CC)(CC(C)c1ccccc1)C(C=O)CC(=O)O)c1ccccc1. The summed E-state index contributed by atoms with van der Waals surface area (Å²) >= 11 is 0. The van der Waals surface area contributed by atoms with Crippen molar-refractivity contribution in [1.82, 2.24) is 0 Å². The summed E-state index contributed by atoms with van der Waals surface area (Å²) in [5.41, 5.74) is 2.31. The van der Waals surface area contributed by atoms with Gasteiger partial charge in [-0.1, -0.05) is 87.9 Å². The molecule has 2 aromatic rings. The fourth-order valence-electron chi connectivity index (χ4n) is 5.16. The Kier molecular flexibility index (Phi) is 9.97. The van der Waals surface area contributed by atoms with Crippen LogP contribution in [-0.2, 0) is 9.59 Å². The first-order valence-electron chi connectivity index (χ1n) is 11.7. The van der Waals surface area contributed by atoms with Crippen LogP contribution in [0.4, 0.5) is 0 Å². The van der Waals surface area contributed by atoms with Crippen LogP contribution < -0.4 is 0 Å². The lowest BCUT2D eigenvalue weighted by atomic mass is 9.64. The molecular formula is C28H38O3. The molecule has 0 saturated heterocycles. The molecule has 0 radical (unpaired) electrons. The number of aliphatic carboxylic acids is 1. The van der Waals surface area contributed by atoms with Gasteiger partial charge in [-0.15, -0.1) is 0 Å². The van der Waals surface area contributed by atoms with E-state index in [1.165, 1.54) is 11.1 Å². The van der Waals surface area contributed by atoms with Gasteiger partial charge in [0.05, 0.1) is 6.42 Å². The average Bonchev–Trinajstić information content (AvgIpc) is 2.80. The van der Waals surface area contributed by atoms with Crippen LogP contribution in [0.3, 0.4) is 0 Å². The normalized spacial score (nSPS) is 16.1. The van der Waals surface area contributed by atoms with Crippen LogP contribution in [0.25, 0.3) is 0 Å². The molecule has 1 N–H and O–H groups in total. The molecule has 2 aromatic carbocycles. The van der Waals surface area contributed by atoms with E-state index >= 15 is 0 Å². The van der Waals surface area contributed by atoms with Gasteiger partial charge in [-0.2, -0.15) is 0 Å². The molecule has 0 heterocycles. The van der Waals surface area contributed by atoms with Crippen molar-refractivity contribution in [2.75, 3.05) is 0 Å². The molecule has 3 heteroatoms. The van der Waals surface area contributed by atoms with Gasteiger partial charge in [0, 0.05) is 5.92 Å². The molecule has 0 saturated carbocycles. The standard InChI is InChI=1S/C28H38O3/c1-4-23(25-15-10-7-11-16-25)17-12-18-28(5-2,26(21-29)19-27(30)31)20-22(3)24-13-8-6-9-14-24/h6-11,13-16,21-23,26H,4-5,12,17-20H2,1-3H3,(H,30,31). The number of hydrogen-bond acceptors (Lipinski definition) is 2. The minimum atomic E-state index is -0.891. The van der Waals surface area contributed by atoms with Gasteiger partial charge < -0.3 is 9.90 Å². The van der Waals surface area contributed by atoms with Crippen LogP contribution in [0, 0.1) is 11.3 Å². The van der Waals surface area contributed by atoms with E-state index in [0.717, 1.165) is 44.8 Å². The molecule has 0 aromatic heterocycles. The molecule has 0 amide bonds. The lowest BCUT2D eigenvalue weighted by molar-refractivity contribution is -0.141. The van der Waals surface area contributed by atoms with Crippen LogP contribution in [0.2, 0.25) is 0 Å². The minimum Gasteiger partial charge on any atom is -0.481 e. The minimum absolute atomic E-state index is 0.0886. The molecule has 4 unspecified atom stereocenters. The summed E-state index contributed by atoms with van der Waals surface area (Å²) in [4.78, 5) is 23.6. The van der Waals surface area contributed by atoms with E-state index in [2.05, 4.69) is 57.2 Å². The van der Waals surface area contributed by atoms with Crippen LogP contribution in [0.1, 0.15) is 88.7 Å². The number of carbonyl (C=O) groups is 2. The Hall–Kier alpha value is -2.42. The molecule has 0 bridgehead atoms. The van der Waals surface area contributed by atoms with Crippen molar-refractivity contribution < 1.29 is 14.7 Å². The second-order valence-electron chi connectivity index (χ2n) is 8.98. The topological polar surface area (TPSA) is 54.4 Å². The second kappa shape index (κ2) is 12.4. The largest absolute Gasteiger partial charge is 0.481 e. The van der Waals surface area contributed by atoms with Gasteiger partial charge >= 0.3 is 5.97 Å². The maximum Gasteiger partial charge on any atom is 0.304 e. The molecular weight excluding hydrogens is 384 g/mol. The van der Waals surface area contributed by atoms with Crippen LogP contribution in [0.15, 0.2) is 60.7 Å². The molecule has 4 atom stereocenters. The summed E-state index contributed by atoms with van der Waals surface area (Å²) < 4.78 is 0. The number of carboxylic acid groups (broad SMARTS) is 1. The Morgan fingerprint density at radius 2 is 1.58 bits per heavy atom. The zero-order valence-corrected chi connectivity index (χ0v) is 19.3. The van der Waals surface area contributed by atoms with E-state index in [0.29, 0.717) is 5.92 Å². The third-order valence-corrected chi connectivity index (χ3v) is 7.12. The molecule has 0 fully saturated rings. The number of hydrogen-bond donors (Lipinski definition) is 1. The fourth-order valence-corrected chi connectivity index (χ4v) is 5.16. The number of carboxylic acids is 1. The maximum atomic E-state index is 12.1. The Morgan fingerprint density at radius 3 is 2.06 bits per heavy atom. The summed E-state index contributed by atoms with van der Waals surface area (Å²) in [6.45, 7) is 6.53. The number of carbonyl (C=O) groups excluding carboxylic acids is 1. The predicted molar refractivity (Wildman–Crippen MR) is 127 cm³/mol. The molecule has 3 nitrogen and oxygen atoms in total. The van der Waals surface area contributed by atoms with Crippen molar-refractivity contribution >= 4 is 12.3 Å². The van der Waals surface area contributed by atoms with Crippen molar-refractivity contribution in [2.24, 2.45) is 11.3 Å². The Labute approximate surface area is 187 Å². The number of aldehydes is 1. The highest BCUT2D eigenvalue weighted by molar-refractivity contribution is 5.72. The van der Waals surface area contributed by atoms with Gasteiger partial charge in [0.15, 0.2) is 0 Å². The number of benzene rings is 2. The first-order valence-corrected chi connectivity index (χ1v) is 11.7. The van der Waals surface area contributed by atoms with Crippen LogP contribution in [-0.4, -0.2) is 17.4 Å². The third kappa shape index (κ3) is 7.05. The molecule has 31 heavy (non-hydrogen) atoms. The first kappa shape index (κ1) is 24.8. The molecule has 168 valence electrons. The van der Waals surface area contributed by atoms with Crippen molar-refractivity contribution in [3.05, 3.63) is 71.8 Å². The summed E-state index contributed by atoms with van der Waals surface area (Å²) in [5, 5.41) is 9.47. The van der Waals surface area contributed by atoms with Crippen molar-refractivity contribution in [2.45, 2.75) is 77.6 Å². The first-order chi connectivity index (χ1) is 15.0. The Morgan fingerprint density at radius 1 is 1.00 bits per heavy atom. The Balaban J connectivity index is 2.21. The predicted octanol–water partition coefficient (Wildman–Crippen LogP) is 7.23. The van der Waals surface area contributed by atoms with Gasteiger partial charge in [-0.25, -0.2) is 0 Å². The van der Waals surface area contributed by atoms with E-state index in [4.69, 9.17) is 0 Å². The molecule has 2 rings (SSSR count). The summed E-state index contributed by atoms with van der Waals surface area (Å²) in [6.07, 6.45) is 6.46. The number of rotatable bonds is 14. The monoisotopic (exact) mass is 422 g/mol. The highest BCUT2D eigenvalue weighted by Gasteiger charge is 2.39. The van der Waals surface area contributed by atoms with Gasteiger partial charge in [-0.3, -0.25) is 4.79 Å². The lowest BCUT2D eigenvalue weighted by Crippen LogP contribution is -2.34. The quantitative estimate of drug-likeness (QED) is 0.327. The third-order valence-electron chi connectivity index (χ3n) is 7.12. The summed E-state index contributed by atoms with van der Waals surface area (Å²) in [5.74, 6) is -0.582. The van der Waals surface area contributed by atoms with Crippen LogP contribution >= 0.6 is 0 Å². The van der Waals surface area contributed by atoms with Gasteiger partial charge in [-0.05, 0) is 60.5 Å².